The number of carbonyl (C=O) groups is 3. The fourth-order valence-electron chi connectivity index (χ4n) is 7.43. The summed E-state index contributed by atoms with van der Waals surface area (Å²) < 4.78 is 39.4. The summed E-state index contributed by atoms with van der Waals surface area (Å²) in [7, 11) is -4.76. The van der Waals surface area contributed by atoms with Gasteiger partial charge in [-0.15, -0.1) is 0 Å². The number of hydrogen-bond acceptors (Lipinski definition) is 10. The maximum Gasteiger partial charge on any atom is 0.472 e. The van der Waals surface area contributed by atoms with Gasteiger partial charge in [0, 0.05) is 19.3 Å². The lowest BCUT2D eigenvalue weighted by Gasteiger charge is -2.21. The van der Waals surface area contributed by atoms with Crippen LogP contribution in [0.3, 0.4) is 0 Å². The number of unbranched alkanes of at least 4 members (excludes halogenated alkanes) is 21. The highest BCUT2D eigenvalue weighted by atomic mass is 31.2. The first-order valence-corrected chi connectivity index (χ1v) is 30.0. The van der Waals surface area contributed by atoms with E-state index in [1.807, 2.05) is 0 Å². The Balaban J connectivity index is 4.80. The van der Waals surface area contributed by atoms with Gasteiger partial charge in [0.1, 0.15) is 12.7 Å². The predicted octanol–water partition coefficient (Wildman–Crippen LogP) is 16.7. The summed E-state index contributed by atoms with van der Waals surface area (Å²) >= 11 is 0. The number of carbonyl (C=O) groups excluding carboxylic acids is 3. The lowest BCUT2D eigenvalue weighted by Crippen LogP contribution is -2.30. The number of rotatable bonds is 52. The summed E-state index contributed by atoms with van der Waals surface area (Å²) in [4.78, 5) is 48.5. The Morgan fingerprint density at radius 1 is 0.403 bits per heavy atom. The van der Waals surface area contributed by atoms with E-state index in [2.05, 4.69) is 106 Å². The molecule has 0 bridgehead atoms. The van der Waals surface area contributed by atoms with Crippen molar-refractivity contribution >= 4 is 25.7 Å². The van der Waals surface area contributed by atoms with Gasteiger partial charge in [0.15, 0.2) is 6.10 Å². The van der Waals surface area contributed by atoms with Crippen LogP contribution in [0.2, 0.25) is 0 Å². The number of phosphoric acid groups is 1. The Morgan fingerprint density at radius 2 is 0.722 bits per heavy atom. The molecule has 0 saturated carbocycles. The first-order chi connectivity index (χ1) is 35.2. The second-order valence-corrected chi connectivity index (χ2v) is 20.2. The molecule has 0 saturated heterocycles. The Hall–Kier alpha value is -3.34. The molecule has 0 aliphatic carbocycles. The van der Waals surface area contributed by atoms with Crippen LogP contribution in [0.4, 0.5) is 0 Å². The van der Waals surface area contributed by atoms with Crippen LogP contribution >= 0.6 is 7.82 Å². The molecule has 0 rings (SSSR count). The predicted molar refractivity (Wildman–Crippen MR) is 298 cm³/mol. The van der Waals surface area contributed by atoms with E-state index in [1.165, 1.54) is 64.2 Å². The molecule has 72 heavy (non-hydrogen) atoms. The summed E-state index contributed by atoms with van der Waals surface area (Å²) in [5.74, 6) is -1.54. The molecular weight excluding hydrogens is 928 g/mol. The van der Waals surface area contributed by atoms with Crippen LogP contribution in [0.15, 0.2) is 85.1 Å². The van der Waals surface area contributed by atoms with Crippen molar-refractivity contribution in [3.8, 4) is 0 Å². The average molecular weight is 1030 g/mol. The first kappa shape index (κ1) is 68.7. The van der Waals surface area contributed by atoms with Crippen molar-refractivity contribution in [1.29, 1.82) is 0 Å². The number of hydrogen-bond donors (Lipinski definition) is 2. The summed E-state index contributed by atoms with van der Waals surface area (Å²) in [6.45, 7) is 4.42. The molecular formula is C60H103O11P. The average Bonchev–Trinajstić information content (AvgIpc) is 3.37. The van der Waals surface area contributed by atoms with Gasteiger partial charge in [-0.2, -0.15) is 0 Å². The molecule has 0 aromatic rings. The molecule has 0 aliphatic rings. The Morgan fingerprint density at radius 3 is 1.18 bits per heavy atom. The van der Waals surface area contributed by atoms with Crippen LogP contribution in [-0.4, -0.2) is 66.5 Å². The zero-order valence-electron chi connectivity index (χ0n) is 45.6. The molecule has 0 aliphatic heterocycles. The minimum Gasteiger partial charge on any atom is -0.462 e. The highest BCUT2D eigenvalue weighted by Gasteiger charge is 2.28. The standard InChI is InChI=1S/C60H103O11P/c1-4-7-10-13-16-19-22-25-27-28-30-32-34-37-40-43-46-49-58(62)67-53-57(71-60(64)51-48-45-42-39-36-33-29-26-23-20-17-14-11-8-5-2)55-69-72(65,66)68-54-56(52-61)70-59(63)50-47-44-41-38-35-31-24-21-18-15-12-9-6-3/h8,11,16-17,19-21,24-27,29,36,39,56-57,61H,4-7,9-10,12-15,18,22-23,28,30-35,37-38,40-55H2,1-3H3,(H,65,66)/b11-8-,19-16-,20-17-,24-21-,27-25-,29-26-,39-36-. The number of aliphatic hydroxyl groups excluding tert-OH is 1. The third kappa shape index (κ3) is 51.6. The number of esters is 3. The lowest BCUT2D eigenvalue weighted by molar-refractivity contribution is -0.161. The quantitative estimate of drug-likeness (QED) is 0.0197. The van der Waals surface area contributed by atoms with Crippen LogP contribution < -0.4 is 0 Å². The zero-order valence-corrected chi connectivity index (χ0v) is 46.5. The second-order valence-electron chi connectivity index (χ2n) is 18.7. The molecule has 0 heterocycles. The lowest BCUT2D eigenvalue weighted by atomic mass is 10.1. The first-order valence-electron chi connectivity index (χ1n) is 28.5. The van der Waals surface area contributed by atoms with E-state index in [1.54, 1.807) is 0 Å². The minimum atomic E-state index is -4.76. The van der Waals surface area contributed by atoms with Gasteiger partial charge in [0.05, 0.1) is 19.8 Å². The van der Waals surface area contributed by atoms with Gasteiger partial charge in [-0.05, 0) is 116 Å². The van der Waals surface area contributed by atoms with Gasteiger partial charge in [-0.1, -0.05) is 189 Å². The topological polar surface area (TPSA) is 155 Å². The van der Waals surface area contributed by atoms with Crippen molar-refractivity contribution in [3.05, 3.63) is 85.1 Å². The highest BCUT2D eigenvalue weighted by molar-refractivity contribution is 7.47. The van der Waals surface area contributed by atoms with Crippen LogP contribution in [0.1, 0.15) is 239 Å². The molecule has 12 heteroatoms. The van der Waals surface area contributed by atoms with E-state index in [0.717, 1.165) is 116 Å². The molecule has 3 atom stereocenters. The monoisotopic (exact) mass is 1030 g/mol. The number of allylic oxidation sites excluding steroid dienone is 14. The fourth-order valence-corrected chi connectivity index (χ4v) is 8.21. The third-order valence-electron chi connectivity index (χ3n) is 11.8. The molecule has 11 nitrogen and oxygen atoms in total. The van der Waals surface area contributed by atoms with Gasteiger partial charge in [0.2, 0.25) is 0 Å². The third-order valence-corrected chi connectivity index (χ3v) is 12.7. The van der Waals surface area contributed by atoms with Crippen molar-refractivity contribution < 1.29 is 52.2 Å². The summed E-state index contributed by atoms with van der Waals surface area (Å²) in [6.07, 6.45) is 61.1. The number of ether oxygens (including phenoxy) is 3. The van der Waals surface area contributed by atoms with Gasteiger partial charge in [0.25, 0.3) is 0 Å². The van der Waals surface area contributed by atoms with E-state index in [4.69, 9.17) is 23.3 Å². The molecule has 0 aromatic heterocycles. The maximum atomic E-state index is 12.9. The van der Waals surface area contributed by atoms with Crippen molar-refractivity contribution in [2.24, 2.45) is 0 Å². The van der Waals surface area contributed by atoms with Crippen molar-refractivity contribution in [2.45, 2.75) is 251 Å². The summed E-state index contributed by atoms with van der Waals surface area (Å²) in [5.41, 5.74) is 0. The van der Waals surface area contributed by atoms with E-state index >= 15 is 0 Å². The molecule has 0 spiro atoms. The van der Waals surface area contributed by atoms with Gasteiger partial charge in [-0.25, -0.2) is 4.57 Å². The highest BCUT2D eigenvalue weighted by Crippen LogP contribution is 2.43. The summed E-state index contributed by atoms with van der Waals surface area (Å²) in [5, 5.41) is 9.80. The van der Waals surface area contributed by atoms with E-state index in [0.29, 0.717) is 19.3 Å². The van der Waals surface area contributed by atoms with E-state index < -0.39 is 57.8 Å². The fraction of sp³-hybridized carbons (Fsp3) is 0.717. The molecule has 0 amide bonds. The Labute approximate surface area is 439 Å². The molecule has 0 radical (unpaired) electrons. The largest absolute Gasteiger partial charge is 0.472 e. The minimum absolute atomic E-state index is 0.110. The molecule has 3 unspecified atom stereocenters. The van der Waals surface area contributed by atoms with Crippen molar-refractivity contribution in [3.63, 3.8) is 0 Å². The van der Waals surface area contributed by atoms with E-state index in [9.17, 15) is 28.9 Å². The number of phosphoric ester groups is 1. The smallest absolute Gasteiger partial charge is 0.462 e. The second kappa shape index (κ2) is 53.9. The number of aliphatic hydroxyl groups is 1. The van der Waals surface area contributed by atoms with Crippen LogP contribution in [0.5, 0.6) is 0 Å². The van der Waals surface area contributed by atoms with Gasteiger partial charge < -0.3 is 24.2 Å². The molecule has 0 fully saturated rings. The molecule has 0 aromatic carbocycles. The van der Waals surface area contributed by atoms with E-state index in [-0.39, 0.29) is 25.9 Å². The van der Waals surface area contributed by atoms with Crippen LogP contribution in [0.25, 0.3) is 0 Å². The Kier molecular flexibility index (Phi) is 51.4. The van der Waals surface area contributed by atoms with Gasteiger partial charge in [-0.3, -0.25) is 23.4 Å². The van der Waals surface area contributed by atoms with Gasteiger partial charge >= 0.3 is 25.7 Å². The SMILES string of the molecule is CC/C=C\C/C=C\C/C=C\C/C=C\CCCCC(=O)OC(COC(=O)CCCCCCCCC/C=C\C/C=C\CCCCC)COP(=O)(O)OCC(CO)OC(=O)CCCCCCC/C=C\CCCCCC. The zero-order chi connectivity index (χ0) is 52.7. The van der Waals surface area contributed by atoms with Crippen molar-refractivity contribution in [1.82, 2.24) is 0 Å². The molecule has 2 N–H and O–H groups in total. The molecule has 414 valence electrons. The van der Waals surface area contributed by atoms with Crippen LogP contribution in [-0.2, 0) is 42.2 Å². The normalized spacial score (nSPS) is 14.0. The Bertz CT molecular complexity index is 1530. The van der Waals surface area contributed by atoms with Crippen LogP contribution in [0, 0.1) is 0 Å². The van der Waals surface area contributed by atoms with Crippen molar-refractivity contribution in [2.75, 3.05) is 26.4 Å². The maximum absolute atomic E-state index is 12.9. The summed E-state index contributed by atoms with van der Waals surface area (Å²) in [6, 6.07) is 0.